The Morgan fingerprint density at radius 2 is 1.66 bits per heavy atom. The molecule has 2 aromatic rings. The van der Waals surface area contributed by atoms with Crippen molar-refractivity contribution in [3.63, 3.8) is 0 Å². The third-order valence-electron chi connectivity index (χ3n) is 4.67. The van der Waals surface area contributed by atoms with E-state index in [4.69, 9.17) is 23.2 Å². The van der Waals surface area contributed by atoms with Crippen LogP contribution in [0.3, 0.4) is 0 Å². The minimum Gasteiger partial charge on any atom is -0.296 e. The molecular weight excluding hydrogens is 407 g/mol. The quantitative estimate of drug-likeness (QED) is 0.536. The summed E-state index contributed by atoms with van der Waals surface area (Å²) in [4.78, 5) is 16.6. The molecular formula is C22H24Cl2N4O. The number of carbonyl (C=O) groups excluding carboxylic acids is 1. The molecule has 1 aliphatic heterocycles. The van der Waals surface area contributed by atoms with Crippen LogP contribution in [0.5, 0.6) is 0 Å². The summed E-state index contributed by atoms with van der Waals surface area (Å²) in [7, 11) is 0. The van der Waals surface area contributed by atoms with Gasteiger partial charge in [0.05, 0.1) is 17.8 Å². The maximum Gasteiger partial charge on any atom is 0.254 e. The van der Waals surface area contributed by atoms with E-state index in [1.165, 1.54) is 6.21 Å². The Labute approximate surface area is 181 Å². The molecule has 1 fully saturated rings. The van der Waals surface area contributed by atoms with E-state index < -0.39 is 0 Å². The second kappa shape index (κ2) is 11.1. The number of amides is 1. The highest BCUT2D eigenvalue weighted by Gasteiger charge is 2.19. The maximum atomic E-state index is 12.1. The van der Waals surface area contributed by atoms with Gasteiger partial charge in [0.25, 0.3) is 5.91 Å². The summed E-state index contributed by atoms with van der Waals surface area (Å²) >= 11 is 12.4. The summed E-state index contributed by atoms with van der Waals surface area (Å²) in [5, 5.41) is 5.18. The third-order valence-corrected chi connectivity index (χ3v) is 5.24. The molecule has 7 heteroatoms. The molecule has 0 atom stereocenters. The Hall–Kier alpha value is -2.18. The number of allylic oxidation sites excluding steroid dienone is 1. The first kappa shape index (κ1) is 21.5. The molecule has 3 rings (SSSR count). The van der Waals surface area contributed by atoms with E-state index in [0.29, 0.717) is 11.6 Å². The van der Waals surface area contributed by atoms with Gasteiger partial charge < -0.3 is 0 Å². The molecule has 1 N–H and O–H groups in total. The van der Waals surface area contributed by atoms with Crippen LogP contribution in [0, 0.1) is 0 Å². The lowest BCUT2D eigenvalue weighted by Crippen LogP contribution is -2.48. The summed E-state index contributed by atoms with van der Waals surface area (Å²) in [5.41, 5.74) is 4.65. The molecule has 0 aliphatic carbocycles. The van der Waals surface area contributed by atoms with Crippen molar-refractivity contribution in [2.75, 3.05) is 32.7 Å². The first-order valence-corrected chi connectivity index (χ1v) is 10.3. The number of rotatable bonds is 7. The maximum absolute atomic E-state index is 12.1. The van der Waals surface area contributed by atoms with Gasteiger partial charge in [-0.05, 0) is 23.3 Å². The molecule has 0 unspecified atom stereocenters. The Morgan fingerprint density at radius 1 is 1.00 bits per heavy atom. The van der Waals surface area contributed by atoms with Crippen LogP contribution in [0.1, 0.15) is 11.1 Å². The van der Waals surface area contributed by atoms with Crippen molar-refractivity contribution >= 4 is 41.4 Å². The van der Waals surface area contributed by atoms with Crippen LogP contribution in [0.15, 0.2) is 64.7 Å². The highest BCUT2D eigenvalue weighted by molar-refractivity contribution is 6.41. The molecule has 2 aromatic carbocycles. The molecule has 0 aromatic heterocycles. The molecule has 0 bridgehead atoms. The summed E-state index contributed by atoms with van der Waals surface area (Å²) in [5.74, 6) is -0.148. The van der Waals surface area contributed by atoms with Crippen LogP contribution >= 0.6 is 23.2 Å². The van der Waals surface area contributed by atoms with E-state index in [1.807, 2.05) is 48.5 Å². The highest BCUT2D eigenvalue weighted by Crippen LogP contribution is 2.17. The molecule has 1 amide bonds. The molecule has 0 saturated carbocycles. The normalized spacial score (nSPS) is 16.3. The Kier molecular flexibility index (Phi) is 8.25. The van der Waals surface area contributed by atoms with Crippen molar-refractivity contribution in [3.05, 3.63) is 75.8 Å². The second-order valence-electron chi connectivity index (χ2n) is 6.88. The van der Waals surface area contributed by atoms with Crippen LogP contribution in [-0.4, -0.2) is 54.6 Å². The first-order valence-electron chi connectivity index (χ1n) is 9.52. The lowest BCUT2D eigenvalue weighted by atomic mass is 10.2. The van der Waals surface area contributed by atoms with Gasteiger partial charge in [-0.15, -0.1) is 0 Å². The Morgan fingerprint density at radius 3 is 2.38 bits per heavy atom. The molecule has 152 valence electrons. The van der Waals surface area contributed by atoms with Crippen molar-refractivity contribution in [1.29, 1.82) is 0 Å². The van der Waals surface area contributed by atoms with Gasteiger partial charge in [-0.2, -0.15) is 5.10 Å². The van der Waals surface area contributed by atoms with Gasteiger partial charge in [0.1, 0.15) is 0 Å². The van der Waals surface area contributed by atoms with E-state index in [1.54, 1.807) is 6.08 Å². The van der Waals surface area contributed by atoms with Crippen molar-refractivity contribution in [2.45, 2.75) is 6.54 Å². The smallest absolute Gasteiger partial charge is 0.254 e. The molecule has 0 radical (unpaired) electrons. The summed E-state index contributed by atoms with van der Waals surface area (Å²) in [6.07, 6.45) is 3.23. The number of hydrogen-bond acceptors (Lipinski definition) is 4. The fourth-order valence-electron chi connectivity index (χ4n) is 3.12. The number of carbonyl (C=O) groups is 1. The lowest BCUT2D eigenvalue weighted by molar-refractivity contribution is -0.122. The van der Waals surface area contributed by atoms with Crippen LogP contribution in [0.2, 0.25) is 5.02 Å². The number of halogens is 2. The molecule has 29 heavy (non-hydrogen) atoms. The SMILES string of the molecule is O=C(CN1CCN(Cc2ccccc2Cl)CC1)NN=CC(Cl)=Cc1ccccc1. The number of piperazine rings is 1. The largest absolute Gasteiger partial charge is 0.296 e. The van der Waals surface area contributed by atoms with E-state index in [-0.39, 0.29) is 5.91 Å². The second-order valence-corrected chi connectivity index (χ2v) is 7.72. The summed E-state index contributed by atoms with van der Waals surface area (Å²) in [6, 6.07) is 17.6. The van der Waals surface area contributed by atoms with Gasteiger partial charge in [0.15, 0.2) is 0 Å². The van der Waals surface area contributed by atoms with E-state index in [2.05, 4.69) is 26.4 Å². The Bertz CT molecular complexity index is 862. The fraction of sp³-hybridized carbons (Fsp3) is 0.273. The van der Waals surface area contributed by atoms with Crippen molar-refractivity contribution in [3.8, 4) is 0 Å². The number of hydrogen-bond donors (Lipinski definition) is 1. The minimum atomic E-state index is -0.148. The van der Waals surface area contributed by atoms with Crippen LogP contribution < -0.4 is 5.43 Å². The zero-order valence-electron chi connectivity index (χ0n) is 16.1. The van der Waals surface area contributed by atoms with Gasteiger partial charge in [0, 0.05) is 37.7 Å². The lowest BCUT2D eigenvalue weighted by Gasteiger charge is -2.34. The van der Waals surface area contributed by atoms with Gasteiger partial charge in [-0.3, -0.25) is 14.6 Å². The summed E-state index contributed by atoms with van der Waals surface area (Å²) in [6.45, 7) is 4.60. The zero-order chi connectivity index (χ0) is 20.5. The van der Waals surface area contributed by atoms with E-state index in [9.17, 15) is 4.79 Å². The predicted molar refractivity (Wildman–Crippen MR) is 120 cm³/mol. The van der Waals surface area contributed by atoms with Gasteiger partial charge >= 0.3 is 0 Å². The highest BCUT2D eigenvalue weighted by atomic mass is 35.5. The van der Waals surface area contributed by atoms with Crippen LogP contribution in [0.4, 0.5) is 0 Å². The summed E-state index contributed by atoms with van der Waals surface area (Å²) < 4.78 is 0. The average Bonchev–Trinajstić information content (AvgIpc) is 2.72. The average molecular weight is 431 g/mol. The molecule has 1 aliphatic rings. The van der Waals surface area contributed by atoms with Crippen LogP contribution in [0.25, 0.3) is 6.08 Å². The molecule has 0 spiro atoms. The van der Waals surface area contributed by atoms with E-state index in [0.717, 1.165) is 48.9 Å². The van der Waals surface area contributed by atoms with Crippen molar-refractivity contribution in [2.24, 2.45) is 5.10 Å². The zero-order valence-corrected chi connectivity index (χ0v) is 17.6. The minimum absolute atomic E-state index is 0.148. The predicted octanol–water partition coefficient (Wildman–Crippen LogP) is 3.84. The number of hydrazone groups is 1. The first-order chi connectivity index (χ1) is 14.1. The van der Waals surface area contributed by atoms with Crippen molar-refractivity contribution in [1.82, 2.24) is 15.2 Å². The van der Waals surface area contributed by atoms with Crippen LogP contribution in [-0.2, 0) is 11.3 Å². The number of nitrogens with zero attached hydrogens (tertiary/aromatic N) is 3. The van der Waals surface area contributed by atoms with E-state index >= 15 is 0 Å². The molecule has 1 saturated heterocycles. The molecule has 1 heterocycles. The number of nitrogens with one attached hydrogen (secondary N) is 1. The molecule has 5 nitrogen and oxygen atoms in total. The van der Waals surface area contributed by atoms with Gasteiger partial charge in [-0.25, -0.2) is 5.43 Å². The van der Waals surface area contributed by atoms with Crippen molar-refractivity contribution < 1.29 is 4.79 Å². The van der Waals surface area contributed by atoms with Gasteiger partial charge in [0.2, 0.25) is 0 Å². The monoisotopic (exact) mass is 430 g/mol. The topological polar surface area (TPSA) is 47.9 Å². The standard InChI is InChI=1S/C22H24Cl2N4O/c23-20(14-18-6-2-1-3-7-18)15-25-26-22(29)17-28-12-10-27(11-13-28)16-19-8-4-5-9-21(19)24/h1-9,14-15H,10-13,16-17H2,(H,26,29). The Balaban J connectivity index is 1.38. The van der Waals surface area contributed by atoms with Gasteiger partial charge in [-0.1, -0.05) is 71.7 Å². The number of benzene rings is 2. The third kappa shape index (κ3) is 7.29. The fourth-order valence-corrected chi connectivity index (χ4v) is 3.49.